The lowest BCUT2D eigenvalue weighted by molar-refractivity contribution is -0.277. The SMILES string of the molecule is COc1cc([C@@H]2c3cc4c(cc3[C@@H](NC3=CC(=O)N(C(CO)CO)C3=O)[C@H]3COO[C@H]23)OCO4)cc(OC)c1O. The van der Waals surface area contributed by atoms with Gasteiger partial charge in [-0.25, -0.2) is 9.78 Å². The zero-order valence-electron chi connectivity index (χ0n) is 21.7. The fourth-order valence-electron chi connectivity index (χ4n) is 5.84. The predicted molar refractivity (Wildman–Crippen MR) is 134 cm³/mol. The molecule has 6 rings (SSSR count). The quantitative estimate of drug-likeness (QED) is 0.263. The maximum absolute atomic E-state index is 13.2. The summed E-state index contributed by atoms with van der Waals surface area (Å²) in [4.78, 5) is 38.0. The van der Waals surface area contributed by atoms with Gasteiger partial charge in [0.05, 0.1) is 46.1 Å². The number of hydrogen-bond donors (Lipinski definition) is 4. The molecule has 1 aliphatic carbocycles. The number of rotatable bonds is 8. The van der Waals surface area contributed by atoms with Crippen molar-refractivity contribution in [3.63, 3.8) is 0 Å². The van der Waals surface area contributed by atoms with Crippen LogP contribution in [0.5, 0.6) is 28.7 Å². The van der Waals surface area contributed by atoms with E-state index in [1.807, 2.05) is 12.1 Å². The maximum Gasteiger partial charge on any atom is 0.277 e. The summed E-state index contributed by atoms with van der Waals surface area (Å²) in [7, 11) is 2.89. The van der Waals surface area contributed by atoms with Gasteiger partial charge in [-0.1, -0.05) is 0 Å². The van der Waals surface area contributed by atoms with Crippen LogP contribution >= 0.6 is 0 Å². The molecule has 4 atom stereocenters. The zero-order chi connectivity index (χ0) is 28.1. The van der Waals surface area contributed by atoms with Gasteiger partial charge in [-0.3, -0.25) is 14.5 Å². The number of aliphatic hydroxyl groups excluding tert-OH is 2. The number of aromatic hydroxyl groups is 1. The molecular formula is C27H28N2O11. The molecule has 0 unspecified atom stereocenters. The Hall–Kier alpha value is -4.04. The minimum atomic E-state index is -1.06. The molecule has 1 fully saturated rings. The number of amides is 2. The number of methoxy groups -OCH3 is 2. The van der Waals surface area contributed by atoms with Crippen molar-refractivity contribution in [2.24, 2.45) is 5.92 Å². The number of nitrogens with zero attached hydrogens (tertiary/aromatic N) is 1. The van der Waals surface area contributed by atoms with E-state index >= 15 is 0 Å². The Morgan fingerprint density at radius 2 is 1.68 bits per heavy atom. The molecule has 2 amide bonds. The van der Waals surface area contributed by atoms with E-state index in [4.69, 9.17) is 28.7 Å². The van der Waals surface area contributed by atoms with E-state index in [-0.39, 0.29) is 42.3 Å². The third-order valence-electron chi connectivity index (χ3n) is 7.78. The molecule has 0 saturated carbocycles. The number of phenolic OH excluding ortho intramolecular Hbond substituents is 1. The van der Waals surface area contributed by atoms with Gasteiger partial charge >= 0.3 is 0 Å². The van der Waals surface area contributed by atoms with Crippen LogP contribution in [0.4, 0.5) is 0 Å². The highest BCUT2D eigenvalue weighted by atomic mass is 17.2. The van der Waals surface area contributed by atoms with Gasteiger partial charge in [-0.05, 0) is 41.0 Å². The third-order valence-corrected chi connectivity index (χ3v) is 7.78. The Balaban J connectivity index is 1.45. The molecule has 40 heavy (non-hydrogen) atoms. The van der Waals surface area contributed by atoms with Crippen LogP contribution in [0.3, 0.4) is 0 Å². The van der Waals surface area contributed by atoms with Crippen molar-refractivity contribution in [2.45, 2.75) is 24.1 Å². The first-order chi connectivity index (χ1) is 19.4. The normalized spacial score (nSPS) is 24.7. The Morgan fingerprint density at radius 1 is 1.02 bits per heavy atom. The summed E-state index contributed by atoms with van der Waals surface area (Å²) in [5.74, 6) is -0.723. The number of carbonyl (C=O) groups is 2. The minimum absolute atomic E-state index is 0.0163. The van der Waals surface area contributed by atoms with Crippen LogP contribution < -0.4 is 24.3 Å². The lowest BCUT2D eigenvalue weighted by Gasteiger charge is -2.40. The first-order valence-electron chi connectivity index (χ1n) is 12.6. The van der Waals surface area contributed by atoms with Crippen LogP contribution in [0.15, 0.2) is 36.0 Å². The molecule has 0 radical (unpaired) electrons. The molecule has 2 aromatic carbocycles. The predicted octanol–water partition coefficient (Wildman–Crippen LogP) is 0.467. The Morgan fingerprint density at radius 3 is 2.30 bits per heavy atom. The molecular weight excluding hydrogens is 528 g/mol. The molecule has 4 N–H and O–H groups in total. The highest BCUT2D eigenvalue weighted by molar-refractivity contribution is 6.16. The van der Waals surface area contributed by atoms with Gasteiger partial charge < -0.3 is 39.6 Å². The largest absolute Gasteiger partial charge is 0.502 e. The van der Waals surface area contributed by atoms with E-state index in [2.05, 4.69) is 5.32 Å². The topological polar surface area (TPSA) is 165 Å². The molecule has 0 spiro atoms. The maximum atomic E-state index is 13.2. The molecule has 0 aromatic heterocycles. The van der Waals surface area contributed by atoms with E-state index in [0.29, 0.717) is 11.5 Å². The van der Waals surface area contributed by atoms with Crippen molar-refractivity contribution in [1.29, 1.82) is 0 Å². The van der Waals surface area contributed by atoms with Crippen LogP contribution in [-0.2, 0) is 19.4 Å². The molecule has 212 valence electrons. The fourth-order valence-corrected chi connectivity index (χ4v) is 5.84. The Bertz CT molecular complexity index is 1360. The summed E-state index contributed by atoms with van der Waals surface area (Å²) >= 11 is 0. The van der Waals surface area contributed by atoms with Crippen LogP contribution in [0.2, 0.25) is 0 Å². The highest BCUT2D eigenvalue weighted by Gasteiger charge is 2.51. The second-order valence-corrected chi connectivity index (χ2v) is 9.81. The summed E-state index contributed by atoms with van der Waals surface area (Å²) in [5.41, 5.74) is 2.27. The summed E-state index contributed by atoms with van der Waals surface area (Å²) in [6, 6.07) is 5.46. The molecule has 3 heterocycles. The van der Waals surface area contributed by atoms with Gasteiger partial charge in [0, 0.05) is 17.9 Å². The standard InChI is InChI=1S/C27H28N2O11/c1-35-20-3-12(4-21(36-2)25(20)33)23-14-5-18-19(38-11-37-18)6-15(14)24(16-10-39-40-26(16)23)28-17-7-22(32)29(27(17)34)13(8-30)9-31/h3-7,13,16,23-24,26,28,30-31,33H,8-11H2,1-2H3/t16-,23-,24-,26+/m1/s1. The monoisotopic (exact) mass is 556 g/mol. The average Bonchev–Trinajstić information content (AvgIpc) is 3.69. The van der Waals surface area contributed by atoms with Gasteiger partial charge in [0.25, 0.3) is 11.8 Å². The molecule has 0 bridgehead atoms. The molecule has 13 heteroatoms. The number of fused-ring (bicyclic) bond motifs is 3. The number of aliphatic hydroxyl groups is 2. The van der Waals surface area contributed by atoms with Gasteiger partial charge in [-0.15, -0.1) is 0 Å². The molecule has 3 aliphatic heterocycles. The van der Waals surface area contributed by atoms with Gasteiger partial charge in [0.15, 0.2) is 23.0 Å². The smallest absolute Gasteiger partial charge is 0.277 e. The van der Waals surface area contributed by atoms with E-state index in [9.17, 15) is 24.9 Å². The number of phenols is 1. The van der Waals surface area contributed by atoms with Gasteiger partial charge in [0.2, 0.25) is 12.5 Å². The van der Waals surface area contributed by atoms with Crippen molar-refractivity contribution < 1.29 is 53.6 Å². The number of nitrogens with one attached hydrogen (secondary N) is 1. The lowest BCUT2D eigenvalue weighted by Crippen LogP contribution is -2.47. The Labute approximate surface area is 228 Å². The summed E-state index contributed by atoms with van der Waals surface area (Å²) in [6.07, 6.45) is 0.594. The van der Waals surface area contributed by atoms with Crippen LogP contribution in [0.1, 0.15) is 28.7 Å². The van der Waals surface area contributed by atoms with Crippen molar-refractivity contribution in [2.75, 3.05) is 40.8 Å². The number of ether oxygens (including phenoxy) is 4. The number of carbonyl (C=O) groups excluding carboxylic acids is 2. The van der Waals surface area contributed by atoms with Crippen LogP contribution in [0, 0.1) is 5.92 Å². The summed E-state index contributed by atoms with van der Waals surface area (Å²) in [6.45, 7) is -0.921. The molecule has 2 aromatic rings. The lowest BCUT2D eigenvalue weighted by atomic mass is 9.69. The minimum Gasteiger partial charge on any atom is -0.502 e. The van der Waals surface area contributed by atoms with Crippen molar-refractivity contribution in [3.8, 4) is 28.7 Å². The molecule has 4 aliphatic rings. The van der Waals surface area contributed by atoms with E-state index < -0.39 is 49.1 Å². The molecule has 1 saturated heterocycles. The average molecular weight is 557 g/mol. The fraction of sp³-hybridized carbons (Fsp3) is 0.407. The Kier molecular flexibility index (Phi) is 6.66. The highest BCUT2D eigenvalue weighted by Crippen LogP contribution is 2.53. The number of imide groups is 1. The van der Waals surface area contributed by atoms with E-state index in [0.717, 1.165) is 27.7 Å². The van der Waals surface area contributed by atoms with Crippen molar-refractivity contribution in [3.05, 3.63) is 52.7 Å². The summed E-state index contributed by atoms with van der Waals surface area (Å²) < 4.78 is 22.1. The first kappa shape index (κ1) is 26.2. The summed E-state index contributed by atoms with van der Waals surface area (Å²) in [5, 5.41) is 32.8. The zero-order valence-corrected chi connectivity index (χ0v) is 21.7. The van der Waals surface area contributed by atoms with E-state index in [1.54, 1.807) is 12.1 Å². The number of benzene rings is 2. The van der Waals surface area contributed by atoms with E-state index in [1.165, 1.54) is 14.2 Å². The first-order valence-corrected chi connectivity index (χ1v) is 12.6. The van der Waals surface area contributed by atoms with Gasteiger partial charge in [0.1, 0.15) is 11.8 Å². The second kappa shape index (κ2) is 10.2. The van der Waals surface area contributed by atoms with Crippen molar-refractivity contribution in [1.82, 2.24) is 10.2 Å². The van der Waals surface area contributed by atoms with Crippen molar-refractivity contribution >= 4 is 11.8 Å². The number of hydrogen-bond acceptors (Lipinski definition) is 12. The molecule has 13 nitrogen and oxygen atoms in total. The van der Waals surface area contributed by atoms with Crippen LogP contribution in [-0.4, -0.2) is 85.0 Å². The van der Waals surface area contributed by atoms with Crippen LogP contribution in [0.25, 0.3) is 0 Å². The van der Waals surface area contributed by atoms with Gasteiger partial charge in [-0.2, -0.15) is 0 Å². The second-order valence-electron chi connectivity index (χ2n) is 9.81. The third kappa shape index (κ3) is 4.01.